The molecule has 2 aliphatic rings. The molecule has 21 heavy (non-hydrogen) atoms. The van der Waals surface area contributed by atoms with Gasteiger partial charge in [0.05, 0.1) is 12.7 Å². The second-order valence-electron chi connectivity index (χ2n) is 6.80. The maximum absolute atomic E-state index is 12.7. The number of nitrogens with one attached hydrogen (secondary N) is 1. The fraction of sp³-hybridized carbons (Fsp3) is 0.941. The average Bonchev–Trinajstić information content (AvgIpc) is 2.98. The first-order valence-corrected chi connectivity index (χ1v) is 8.64. The van der Waals surface area contributed by atoms with E-state index in [1.165, 1.54) is 6.42 Å². The maximum Gasteiger partial charge on any atom is 0.326 e. The lowest BCUT2D eigenvalue weighted by atomic mass is 9.67. The van der Waals surface area contributed by atoms with E-state index < -0.39 is 5.54 Å². The Labute approximate surface area is 129 Å². The molecule has 0 spiro atoms. The normalized spacial score (nSPS) is 33.3. The lowest BCUT2D eigenvalue weighted by Gasteiger charge is -2.45. The molecule has 1 aliphatic carbocycles. The first kappa shape index (κ1) is 16.8. The van der Waals surface area contributed by atoms with Gasteiger partial charge < -0.3 is 9.47 Å². The summed E-state index contributed by atoms with van der Waals surface area (Å²) >= 11 is 0. The number of hydrogen-bond donors (Lipinski definition) is 1. The van der Waals surface area contributed by atoms with Crippen molar-refractivity contribution in [3.8, 4) is 0 Å². The molecule has 122 valence electrons. The van der Waals surface area contributed by atoms with E-state index in [1.54, 1.807) is 0 Å². The van der Waals surface area contributed by atoms with E-state index in [-0.39, 0.29) is 12.1 Å². The summed E-state index contributed by atoms with van der Waals surface area (Å²) in [5, 5.41) is 3.59. The molecule has 0 aromatic carbocycles. The summed E-state index contributed by atoms with van der Waals surface area (Å²) in [5.41, 5.74) is -0.506. The molecule has 0 radical (unpaired) electrons. The Morgan fingerprint density at radius 2 is 2.14 bits per heavy atom. The minimum atomic E-state index is -0.506. The van der Waals surface area contributed by atoms with Gasteiger partial charge in [0.25, 0.3) is 0 Å². The molecule has 3 unspecified atom stereocenters. The number of hydrogen-bond acceptors (Lipinski definition) is 4. The van der Waals surface area contributed by atoms with Crippen LogP contribution in [0.1, 0.15) is 59.3 Å². The first-order valence-electron chi connectivity index (χ1n) is 8.64. The third-order valence-electron chi connectivity index (χ3n) is 5.08. The van der Waals surface area contributed by atoms with Crippen molar-refractivity contribution >= 4 is 5.97 Å². The molecule has 1 heterocycles. The third-order valence-corrected chi connectivity index (χ3v) is 5.08. The summed E-state index contributed by atoms with van der Waals surface area (Å²) in [6, 6.07) is 0. The van der Waals surface area contributed by atoms with Gasteiger partial charge in [-0.3, -0.25) is 10.1 Å². The fourth-order valence-electron chi connectivity index (χ4n) is 4.01. The van der Waals surface area contributed by atoms with Crippen molar-refractivity contribution in [2.24, 2.45) is 11.8 Å². The lowest BCUT2D eigenvalue weighted by molar-refractivity contribution is -0.157. The predicted molar refractivity (Wildman–Crippen MR) is 83.1 cm³/mol. The van der Waals surface area contributed by atoms with Gasteiger partial charge in [-0.25, -0.2) is 0 Å². The minimum absolute atomic E-state index is 0.0543. The van der Waals surface area contributed by atoms with E-state index in [9.17, 15) is 4.79 Å². The van der Waals surface area contributed by atoms with Crippen molar-refractivity contribution in [1.29, 1.82) is 0 Å². The number of ether oxygens (including phenoxy) is 2. The Kier molecular flexibility index (Phi) is 6.06. The zero-order valence-corrected chi connectivity index (χ0v) is 13.8. The average molecular weight is 297 g/mol. The van der Waals surface area contributed by atoms with Crippen molar-refractivity contribution in [3.05, 3.63) is 0 Å². The summed E-state index contributed by atoms with van der Waals surface area (Å²) in [5.74, 6) is 0.778. The molecule has 2 fully saturated rings. The van der Waals surface area contributed by atoms with Crippen LogP contribution in [0.4, 0.5) is 0 Å². The zero-order chi connectivity index (χ0) is 15.3. The van der Waals surface area contributed by atoms with E-state index in [4.69, 9.17) is 9.47 Å². The summed E-state index contributed by atoms with van der Waals surface area (Å²) in [4.78, 5) is 12.7. The van der Waals surface area contributed by atoms with Gasteiger partial charge >= 0.3 is 5.97 Å². The molecule has 4 nitrogen and oxygen atoms in total. The number of esters is 1. The van der Waals surface area contributed by atoms with Crippen LogP contribution in [-0.4, -0.2) is 37.4 Å². The second-order valence-corrected chi connectivity index (χ2v) is 6.80. The Morgan fingerprint density at radius 3 is 2.76 bits per heavy atom. The molecule has 1 N–H and O–H groups in total. The largest absolute Gasteiger partial charge is 0.465 e. The first-order chi connectivity index (χ1) is 10.1. The van der Waals surface area contributed by atoms with Crippen LogP contribution in [0.3, 0.4) is 0 Å². The van der Waals surface area contributed by atoms with E-state index >= 15 is 0 Å². The standard InChI is InChI=1S/C17H31NO3/c1-4-20-16(19)17(18-12-14-8-7-11-21-14)10-6-5-9-15(17)13(2)3/h13-15,18H,4-12H2,1-3H3. The van der Waals surface area contributed by atoms with E-state index in [0.29, 0.717) is 18.4 Å². The van der Waals surface area contributed by atoms with E-state index in [2.05, 4.69) is 19.2 Å². The van der Waals surface area contributed by atoms with E-state index in [0.717, 1.165) is 45.3 Å². The molecule has 0 aromatic heterocycles. The van der Waals surface area contributed by atoms with Crippen molar-refractivity contribution < 1.29 is 14.3 Å². The van der Waals surface area contributed by atoms with Crippen molar-refractivity contribution in [2.75, 3.05) is 19.8 Å². The Hall–Kier alpha value is -0.610. The summed E-state index contributed by atoms with van der Waals surface area (Å²) in [6.45, 7) is 8.40. The summed E-state index contributed by atoms with van der Waals surface area (Å²) in [6.07, 6.45) is 6.79. The van der Waals surface area contributed by atoms with Gasteiger partial charge in [0.15, 0.2) is 0 Å². The highest BCUT2D eigenvalue weighted by molar-refractivity contribution is 5.81. The smallest absolute Gasteiger partial charge is 0.326 e. The van der Waals surface area contributed by atoms with Crippen LogP contribution < -0.4 is 5.32 Å². The van der Waals surface area contributed by atoms with Crippen molar-refractivity contribution in [2.45, 2.75) is 70.9 Å². The lowest BCUT2D eigenvalue weighted by Crippen LogP contribution is -2.62. The Morgan fingerprint density at radius 1 is 1.33 bits per heavy atom. The highest BCUT2D eigenvalue weighted by Gasteiger charge is 2.49. The number of carbonyl (C=O) groups is 1. The Bertz CT molecular complexity index is 339. The van der Waals surface area contributed by atoms with Crippen LogP contribution >= 0.6 is 0 Å². The van der Waals surface area contributed by atoms with E-state index in [1.807, 2.05) is 6.92 Å². The van der Waals surface area contributed by atoms with Gasteiger partial charge in [0.1, 0.15) is 5.54 Å². The highest BCUT2D eigenvalue weighted by atomic mass is 16.5. The number of rotatable bonds is 6. The quantitative estimate of drug-likeness (QED) is 0.766. The van der Waals surface area contributed by atoms with Crippen molar-refractivity contribution in [3.63, 3.8) is 0 Å². The van der Waals surface area contributed by atoms with Crippen LogP contribution in [0.25, 0.3) is 0 Å². The highest BCUT2D eigenvalue weighted by Crippen LogP contribution is 2.39. The molecule has 1 saturated heterocycles. The van der Waals surface area contributed by atoms with Crippen LogP contribution in [0.5, 0.6) is 0 Å². The topological polar surface area (TPSA) is 47.6 Å². The molecule has 3 atom stereocenters. The molecular weight excluding hydrogens is 266 g/mol. The van der Waals surface area contributed by atoms with Crippen LogP contribution in [-0.2, 0) is 14.3 Å². The van der Waals surface area contributed by atoms with Crippen LogP contribution in [0, 0.1) is 11.8 Å². The predicted octanol–water partition coefficient (Wildman–Crippen LogP) is 2.90. The van der Waals surface area contributed by atoms with Crippen molar-refractivity contribution in [1.82, 2.24) is 5.32 Å². The SMILES string of the molecule is CCOC(=O)C1(NCC2CCCO2)CCCCC1C(C)C. The fourth-order valence-corrected chi connectivity index (χ4v) is 4.01. The van der Waals surface area contributed by atoms with Gasteiger partial charge in [-0.15, -0.1) is 0 Å². The molecule has 0 bridgehead atoms. The monoisotopic (exact) mass is 297 g/mol. The Balaban J connectivity index is 2.12. The summed E-state index contributed by atoms with van der Waals surface area (Å²) in [7, 11) is 0. The van der Waals surface area contributed by atoms with Gasteiger partial charge in [-0.05, 0) is 44.4 Å². The minimum Gasteiger partial charge on any atom is -0.465 e. The second kappa shape index (κ2) is 7.59. The van der Waals surface area contributed by atoms with Gasteiger partial charge in [0.2, 0.25) is 0 Å². The van der Waals surface area contributed by atoms with Gasteiger partial charge in [-0.1, -0.05) is 26.7 Å². The third kappa shape index (κ3) is 3.78. The molecule has 2 rings (SSSR count). The molecule has 0 amide bonds. The molecule has 4 heteroatoms. The molecule has 1 saturated carbocycles. The molecular formula is C17H31NO3. The maximum atomic E-state index is 12.7. The summed E-state index contributed by atoms with van der Waals surface area (Å²) < 4.78 is 11.1. The number of carbonyl (C=O) groups excluding carboxylic acids is 1. The van der Waals surface area contributed by atoms with Gasteiger partial charge in [-0.2, -0.15) is 0 Å². The zero-order valence-electron chi connectivity index (χ0n) is 13.8. The van der Waals surface area contributed by atoms with Crippen LogP contribution in [0.2, 0.25) is 0 Å². The van der Waals surface area contributed by atoms with Crippen LogP contribution in [0.15, 0.2) is 0 Å². The molecule has 1 aliphatic heterocycles. The van der Waals surface area contributed by atoms with Gasteiger partial charge in [0, 0.05) is 13.2 Å². The molecule has 0 aromatic rings.